The van der Waals surface area contributed by atoms with Crippen LogP contribution < -0.4 is 20.2 Å². The summed E-state index contributed by atoms with van der Waals surface area (Å²) in [6.07, 6.45) is 2.16. The highest BCUT2D eigenvalue weighted by molar-refractivity contribution is 6.23. The molecule has 0 fully saturated rings. The molecule has 2 heteroatoms. The van der Waals surface area contributed by atoms with Gasteiger partial charge in [-0.3, -0.25) is 0 Å². The lowest BCUT2D eigenvalue weighted by atomic mass is 9.84. The summed E-state index contributed by atoms with van der Waals surface area (Å²) in [5.41, 5.74) is 10.8. The minimum absolute atomic E-state index is 0.834. The fraction of sp³-hybridized carbons (Fsp3) is 0. The summed E-state index contributed by atoms with van der Waals surface area (Å²) in [4.78, 5) is 4.73. The van der Waals surface area contributed by atoms with Crippen LogP contribution in [0.1, 0.15) is 0 Å². The van der Waals surface area contributed by atoms with E-state index < -0.39 is 0 Å². The first kappa shape index (κ1) is 44.7. The van der Waals surface area contributed by atoms with E-state index in [1.54, 1.807) is 0 Å². The molecule has 14 aromatic carbocycles. The van der Waals surface area contributed by atoms with Gasteiger partial charge in [0.2, 0.25) is 0 Å². The lowest BCUT2D eigenvalue weighted by molar-refractivity contribution is 1.25. The first-order chi connectivity index (χ1) is 37.5. The van der Waals surface area contributed by atoms with Crippen LogP contribution in [0.4, 0.5) is 28.4 Å². The first-order valence-corrected chi connectivity index (χ1v) is 26.0. The molecule has 76 heavy (non-hydrogen) atoms. The lowest BCUT2D eigenvalue weighted by Crippen LogP contribution is -2.24. The maximum Gasteiger partial charge on any atom is 0.0468 e. The van der Waals surface area contributed by atoms with E-state index in [2.05, 4.69) is 289 Å². The van der Waals surface area contributed by atoms with Gasteiger partial charge in [0.25, 0.3) is 0 Å². The molecule has 0 heterocycles. The van der Waals surface area contributed by atoms with Gasteiger partial charge < -0.3 is 9.80 Å². The fourth-order valence-electron chi connectivity index (χ4n) is 11.6. The van der Waals surface area contributed by atoms with E-state index in [0.29, 0.717) is 0 Å². The van der Waals surface area contributed by atoms with Crippen molar-refractivity contribution in [1.29, 1.82) is 0 Å². The summed E-state index contributed by atoms with van der Waals surface area (Å²) in [6.45, 7) is 9.21. The zero-order chi connectivity index (χ0) is 50.7. The monoisotopic (exact) mass is 966 g/mol. The Morgan fingerprint density at radius 2 is 0.618 bits per heavy atom. The van der Waals surface area contributed by atoms with Crippen LogP contribution in [-0.4, -0.2) is 0 Å². The summed E-state index contributed by atoms with van der Waals surface area (Å²) in [5.74, 6) is 0. The van der Waals surface area contributed by atoms with Gasteiger partial charge >= 0.3 is 0 Å². The number of hydrogen-bond acceptors (Lipinski definition) is 2. The predicted molar refractivity (Wildman–Crippen MR) is 328 cm³/mol. The molecular formula is C74H50N2. The van der Waals surface area contributed by atoms with Gasteiger partial charge in [0, 0.05) is 34.1 Å². The SMILES string of the molecule is C=C(/C=c1/ccccc1=C)N(c1ccc2ccccc2c1)c1ccc2c(-c3ccc4ccccc4c3)c3cc(N(c4ccc5ccccc5c4)c4ccc5ccccc5c4)ccc3c(-c3ccc4ccccc4c3)c2c1. The van der Waals surface area contributed by atoms with Gasteiger partial charge in [-0.05, 0) is 187 Å². The highest BCUT2D eigenvalue weighted by Gasteiger charge is 2.23. The molecule has 0 saturated heterocycles. The predicted octanol–water partition coefficient (Wildman–Crippen LogP) is 19.1. The van der Waals surface area contributed by atoms with Crippen molar-refractivity contribution in [3.8, 4) is 22.3 Å². The topological polar surface area (TPSA) is 6.48 Å². The smallest absolute Gasteiger partial charge is 0.0468 e. The Labute approximate surface area is 441 Å². The molecule has 0 radical (unpaired) electrons. The molecule has 0 amide bonds. The van der Waals surface area contributed by atoms with Crippen molar-refractivity contribution in [2.24, 2.45) is 0 Å². The molecule has 2 nitrogen and oxygen atoms in total. The van der Waals surface area contributed by atoms with Crippen LogP contribution in [-0.2, 0) is 0 Å². The number of benzene rings is 14. The number of nitrogens with zero attached hydrogens (tertiary/aromatic N) is 2. The third-order valence-electron chi connectivity index (χ3n) is 15.3. The van der Waals surface area contributed by atoms with Crippen molar-refractivity contribution < 1.29 is 0 Å². The molecule has 0 aliphatic heterocycles. The zero-order valence-corrected chi connectivity index (χ0v) is 41.9. The third kappa shape index (κ3) is 7.92. The molecule has 0 N–H and O–H groups in total. The molecule has 0 unspecified atom stereocenters. The molecule has 0 aromatic heterocycles. The fourth-order valence-corrected chi connectivity index (χ4v) is 11.6. The molecule has 0 saturated carbocycles. The van der Waals surface area contributed by atoms with Gasteiger partial charge in [0.1, 0.15) is 0 Å². The normalized spacial score (nSPS) is 11.9. The average Bonchev–Trinajstić information content (AvgIpc) is 3.49. The third-order valence-corrected chi connectivity index (χ3v) is 15.3. The number of allylic oxidation sites excluding steroid dienone is 1. The number of anilines is 5. The standard InChI is InChI=1S/C74H50N2/c1-49-15-3-4-21-56(49)41-50(2)75(64-34-31-53-18-7-12-24-59(53)44-64)67-37-39-69-71(47-67)73(62-29-27-51-16-5-10-22-57(51)42-62)70-40-38-68(48-72(70)74(69)63-30-28-52-17-6-11-23-58(52)43-63)76(65-35-32-54-19-8-13-25-60(54)45-65)66-36-33-55-20-9-14-26-61(55)46-66/h3-48H,1-2H2/b56-41-. The summed E-state index contributed by atoms with van der Waals surface area (Å²) >= 11 is 0. The minimum Gasteiger partial charge on any atom is -0.311 e. The van der Waals surface area contributed by atoms with Crippen LogP contribution >= 0.6 is 0 Å². The molecule has 14 rings (SSSR count). The van der Waals surface area contributed by atoms with Crippen molar-refractivity contribution in [3.05, 3.63) is 296 Å². The van der Waals surface area contributed by atoms with Gasteiger partial charge in [-0.25, -0.2) is 0 Å². The van der Waals surface area contributed by atoms with Crippen molar-refractivity contribution in [1.82, 2.24) is 0 Å². The molecule has 0 spiro atoms. The molecule has 0 aliphatic carbocycles. The highest BCUT2D eigenvalue weighted by atomic mass is 15.1. The molecule has 14 aromatic rings. The van der Waals surface area contributed by atoms with Crippen molar-refractivity contribution in [3.63, 3.8) is 0 Å². The van der Waals surface area contributed by atoms with E-state index >= 15 is 0 Å². The maximum atomic E-state index is 4.81. The second-order valence-corrected chi connectivity index (χ2v) is 19.9. The van der Waals surface area contributed by atoms with E-state index in [1.807, 2.05) is 6.07 Å². The van der Waals surface area contributed by atoms with E-state index in [0.717, 1.165) is 77.2 Å². The Morgan fingerprint density at radius 1 is 0.289 bits per heavy atom. The Kier molecular flexibility index (Phi) is 10.9. The second kappa shape index (κ2) is 18.5. The minimum atomic E-state index is 0.834. The van der Waals surface area contributed by atoms with Crippen LogP contribution in [0.25, 0.3) is 110 Å². The van der Waals surface area contributed by atoms with E-state index in [1.165, 1.54) is 65.0 Å². The van der Waals surface area contributed by atoms with Crippen molar-refractivity contribution in [2.75, 3.05) is 9.80 Å². The molecule has 0 aliphatic rings. The van der Waals surface area contributed by atoms with E-state index in [9.17, 15) is 0 Å². The Balaban J connectivity index is 1.08. The molecule has 356 valence electrons. The van der Waals surface area contributed by atoms with Crippen molar-refractivity contribution in [2.45, 2.75) is 0 Å². The number of hydrogen-bond donors (Lipinski definition) is 0. The van der Waals surface area contributed by atoms with Crippen LogP contribution in [0.5, 0.6) is 0 Å². The second-order valence-electron chi connectivity index (χ2n) is 19.9. The summed E-state index contributed by atoms with van der Waals surface area (Å²) < 4.78 is 0. The van der Waals surface area contributed by atoms with Gasteiger partial charge in [-0.15, -0.1) is 0 Å². The van der Waals surface area contributed by atoms with E-state index in [-0.39, 0.29) is 0 Å². The van der Waals surface area contributed by atoms with Crippen LogP contribution in [0.15, 0.2) is 285 Å². The Hall–Kier alpha value is -10.0. The van der Waals surface area contributed by atoms with Gasteiger partial charge in [0.05, 0.1) is 0 Å². The van der Waals surface area contributed by atoms with Crippen molar-refractivity contribution >= 4 is 116 Å². The summed E-state index contributed by atoms with van der Waals surface area (Å²) in [7, 11) is 0. The Bertz CT molecular complexity index is 4700. The average molecular weight is 967 g/mol. The number of rotatable bonds is 9. The van der Waals surface area contributed by atoms with Gasteiger partial charge in [0.15, 0.2) is 0 Å². The molecular weight excluding hydrogens is 917 g/mol. The molecule has 0 bridgehead atoms. The van der Waals surface area contributed by atoms with Crippen LogP contribution in [0.3, 0.4) is 0 Å². The van der Waals surface area contributed by atoms with Crippen LogP contribution in [0.2, 0.25) is 0 Å². The van der Waals surface area contributed by atoms with Gasteiger partial charge in [-0.1, -0.05) is 213 Å². The quantitative estimate of drug-likeness (QED) is 0.133. The lowest BCUT2D eigenvalue weighted by Gasteiger charge is -2.29. The largest absolute Gasteiger partial charge is 0.311 e. The van der Waals surface area contributed by atoms with Crippen LogP contribution in [0, 0.1) is 0 Å². The highest BCUT2D eigenvalue weighted by Crippen LogP contribution is 2.49. The maximum absolute atomic E-state index is 4.81. The van der Waals surface area contributed by atoms with E-state index in [4.69, 9.17) is 6.58 Å². The summed E-state index contributed by atoms with van der Waals surface area (Å²) in [5, 5.41) is 18.6. The number of fused-ring (bicyclic) bond motifs is 7. The Morgan fingerprint density at radius 3 is 1.09 bits per heavy atom. The first-order valence-electron chi connectivity index (χ1n) is 26.0. The summed E-state index contributed by atoms with van der Waals surface area (Å²) in [6, 6.07) is 99.9. The molecule has 0 atom stereocenters. The van der Waals surface area contributed by atoms with Gasteiger partial charge in [-0.2, -0.15) is 0 Å². The zero-order valence-electron chi connectivity index (χ0n) is 41.9.